The molecule has 0 fully saturated rings. The van der Waals surface area contributed by atoms with Crippen LogP contribution in [0, 0.1) is 6.92 Å². The van der Waals surface area contributed by atoms with E-state index in [9.17, 15) is 4.79 Å². The van der Waals surface area contributed by atoms with E-state index in [4.69, 9.17) is 5.11 Å². The Labute approximate surface area is 135 Å². The van der Waals surface area contributed by atoms with Crippen molar-refractivity contribution < 1.29 is 9.90 Å². The van der Waals surface area contributed by atoms with Crippen molar-refractivity contribution >= 4 is 23.5 Å². The minimum atomic E-state index is -0.395. The van der Waals surface area contributed by atoms with E-state index >= 15 is 0 Å². The molecule has 0 aliphatic rings. The Morgan fingerprint density at radius 3 is 2.65 bits per heavy atom. The van der Waals surface area contributed by atoms with Gasteiger partial charge in [0.1, 0.15) is 5.82 Å². The molecule has 7 heteroatoms. The summed E-state index contributed by atoms with van der Waals surface area (Å²) in [6, 6.07) is 10.6. The highest BCUT2D eigenvalue weighted by Crippen LogP contribution is 2.11. The van der Waals surface area contributed by atoms with Gasteiger partial charge in [-0.2, -0.15) is 4.98 Å². The molecule has 1 heterocycles. The van der Waals surface area contributed by atoms with Gasteiger partial charge in [0, 0.05) is 30.6 Å². The molecule has 0 spiro atoms. The number of para-hydroxylation sites is 1. The van der Waals surface area contributed by atoms with Crippen molar-refractivity contribution in [1.29, 1.82) is 0 Å². The van der Waals surface area contributed by atoms with Gasteiger partial charge in [0.05, 0.1) is 0 Å². The average molecular weight is 315 g/mol. The van der Waals surface area contributed by atoms with E-state index in [2.05, 4.69) is 25.9 Å². The van der Waals surface area contributed by atoms with Gasteiger partial charge >= 0.3 is 6.03 Å². The molecule has 23 heavy (non-hydrogen) atoms. The number of anilines is 3. The Balaban J connectivity index is 1.93. The van der Waals surface area contributed by atoms with Crippen LogP contribution in [0.4, 0.5) is 22.2 Å². The van der Waals surface area contributed by atoms with Gasteiger partial charge in [-0.3, -0.25) is 5.32 Å². The molecule has 0 bridgehead atoms. The van der Waals surface area contributed by atoms with Crippen LogP contribution in [0.1, 0.15) is 18.5 Å². The molecule has 0 saturated carbocycles. The van der Waals surface area contributed by atoms with E-state index in [1.807, 2.05) is 25.1 Å². The van der Waals surface area contributed by atoms with Gasteiger partial charge in [0.2, 0.25) is 5.95 Å². The molecule has 7 nitrogen and oxygen atoms in total. The summed E-state index contributed by atoms with van der Waals surface area (Å²) >= 11 is 0. The largest absolute Gasteiger partial charge is 0.396 e. The van der Waals surface area contributed by atoms with Crippen LogP contribution in [0.15, 0.2) is 36.4 Å². The summed E-state index contributed by atoms with van der Waals surface area (Å²) in [6.45, 7) is 2.71. The molecule has 1 aromatic carbocycles. The third-order valence-corrected chi connectivity index (χ3v) is 3.00. The van der Waals surface area contributed by atoms with Crippen LogP contribution in [0.3, 0.4) is 0 Å². The molecule has 0 aliphatic heterocycles. The maximum Gasteiger partial charge on any atom is 0.326 e. The third kappa shape index (κ3) is 5.91. The minimum absolute atomic E-state index is 0.178. The Bertz CT molecular complexity index is 634. The lowest BCUT2D eigenvalue weighted by Gasteiger charge is -2.10. The van der Waals surface area contributed by atoms with E-state index in [0.29, 0.717) is 18.1 Å². The fourth-order valence-electron chi connectivity index (χ4n) is 1.95. The monoisotopic (exact) mass is 315 g/mol. The SMILES string of the molecule is Cc1cc(NCCCCO)nc(NC(=O)Nc2ccccc2)n1. The number of nitrogens with one attached hydrogen (secondary N) is 3. The highest BCUT2D eigenvalue weighted by molar-refractivity contribution is 5.98. The Kier molecular flexibility index (Phi) is 6.31. The standard InChI is InChI=1S/C16H21N5O2/c1-12-11-14(17-9-5-6-10-22)20-15(18-12)21-16(23)19-13-7-3-2-4-8-13/h2-4,7-8,11,22H,5-6,9-10H2,1H3,(H3,17,18,19,20,21,23). The number of hydrogen-bond donors (Lipinski definition) is 4. The number of urea groups is 1. The molecule has 4 N–H and O–H groups in total. The van der Waals surface area contributed by atoms with Crippen LogP contribution in [0.5, 0.6) is 0 Å². The second-order valence-corrected chi connectivity index (χ2v) is 5.02. The van der Waals surface area contributed by atoms with Gasteiger partial charge in [-0.1, -0.05) is 18.2 Å². The number of benzene rings is 1. The first kappa shape index (κ1) is 16.7. The lowest BCUT2D eigenvalue weighted by Crippen LogP contribution is -2.21. The topological polar surface area (TPSA) is 99.2 Å². The van der Waals surface area contributed by atoms with Crippen LogP contribution in [0.2, 0.25) is 0 Å². The van der Waals surface area contributed by atoms with Crippen LogP contribution < -0.4 is 16.0 Å². The maximum absolute atomic E-state index is 12.0. The zero-order valence-corrected chi connectivity index (χ0v) is 13.0. The van der Waals surface area contributed by atoms with E-state index in [1.54, 1.807) is 18.2 Å². The fourth-order valence-corrected chi connectivity index (χ4v) is 1.95. The van der Waals surface area contributed by atoms with E-state index in [0.717, 1.165) is 18.5 Å². The number of unbranched alkanes of at least 4 members (excludes halogenated alkanes) is 1. The van der Waals surface area contributed by atoms with Gasteiger partial charge in [-0.05, 0) is 31.9 Å². The number of amides is 2. The Morgan fingerprint density at radius 1 is 1.13 bits per heavy atom. The second kappa shape index (κ2) is 8.70. The number of aliphatic hydroxyl groups excluding tert-OH is 1. The summed E-state index contributed by atoms with van der Waals surface area (Å²) in [6.07, 6.45) is 1.58. The Hall–Kier alpha value is -2.67. The first-order valence-electron chi connectivity index (χ1n) is 7.51. The third-order valence-electron chi connectivity index (χ3n) is 3.00. The van der Waals surface area contributed by atoms with Crippen LogP contribution in [0.25, 0.3) is 0 Å². The summed E-state index contributed by atoms with van der Waals surface area (Å²) in [5.41, 5.74) is 1.44. The number of carbonyl (C=O) groups excluding carboxylic acids is 1. The predicted octanol–water partition coefficient (Wildman–Crippen LogP) is 2.61. The van der Waals surface area contributed by atoms with Crippen molar-refractivity contribution in [3.8, 4) is 0 Å². The molecule has 0 saturated heterocycles. The molecule has 2 amide bonds. The first-order chi connectivity index (χ1) is 11.2. The molecule has 0 radical (unpaired) electrons. The Morgan fingerprint density at radius 2 is 1.91 bits per heavy atom. The summed E-state index contributed by atoms with van der Waals surface area (Å²) in [5, 5.41) is 17.2. The lowest BCUT2D eigenvalue weighted by molar-refractivity contribution is 0.262. The first-order valence-corrected chi connectivity index (χ1v) is 7.51. The van der Waals surface area contributed by atoms with E-state index < -0.39 is 6.03 Å². The quantitative estimate of drug-likeness (QED) is 0.589. The van der Waals surface area contributed by atoms with Crippen molar-refractivity contribution in [3.63, 3.8) is 0 Å². The molecular formula is C16H21N5O2. The molecular weight excluding hydrogens is 294 g/mol. The molecule has 2 aromatic rings. The number of rotatable bonds is 7. The smallest absolute Gasteiger partial charge is 0.326 e. The van der Waals surface area contributed by atoms with Gasteiger partial charge in [-0.15, -0.1) is 0 Å². The minimum Gasteiger partial charge on any atom is -0.396 e. The lowest BCUT2D eigenvalue weighted by atomic mass is 10.3. The van der Waals surface area contributed by atoms with Crippen molar-refractivity contribution in [2.75, 3.05) is 29.1 Å². The van der Waals surface area contributed by atoms with Gasteiger partial charge < -0.3 is 15.7 Å². The van der Waals surface area contributed by atoms with Crippen LogP contribution >= 0.6 is 0 Å². The van der Waals surface area contributed by atoms with Gasteiger partial charge in [-0.25, -0.2) is 9.78 Å². The molecule has 1 aromatic heterocycles. The summed E-state index contributed by atoms with van der Waals surface area (Å²) in [7, 11) is 0. The number of aliphatic hydroxyl groups is 1. The highest BCUT2D eigenvalue weighted by atomic mass is 16.2. The fraction of sp³-hybridized carbons (Fsp3) is 0.312. The predicted molar refractivity (Wildman–Crippen MR) is 90.7 cm³/mol. The summed E-state index contributed by atoms with van der Waals surface area (Å²) in [5.74, 6) is 0.883. The summed E-state index contributed by atoms with van der Waals surface area (Å²) in [4.78, 5) is 20.4. The maximum atomic E-state index is 12.0. The van der Waals surface area contributed by atoms with Gasteiger partial charge in [0.15, 0.2) is 0 Å². The van der Waals surface area contributed by atoms with Crippen molar-refractivity contribution in [2.24, 2.45) is 0 Å². The molecule has 0 aliphatic carbocycles. The van der Waals surface area contributed by atoms with E-state index in [-0.39, 0.29) is 12.6 Å². The number of aromatic nitrogens is 2. The van der Waals surface area contributed by atoms with Crippen molar-refractivity contribution in [2.45, 2.75) is 19.8 Å². The molecule has 122 valence electrons. The number of hydrogen-bond acceptors (Lipinski definition) is 5. The zero-order valence-electron chi connectivity index (χ0n) is 13.0. The number of nitrogens with zero attached hydrogens (tertiary/aromatic N) is 2. The van der Waals surface area contributed by atoms with Crippen molar-refractivity contribution in [3.05, 3.63) is 42.1 Å². The second-order valence-electron chi connectivity index (χ2n) is 5.02. The number of carbonyl (C=O) groups is 1. The van der Waals surface area contributed by atoms with E-state index in [1.165, 1.54) is 0 Å². The van der Waals surface area contributed by atoms with Crippen LogP contribution in [-0.2, 0) is 0 Å². The normalized spacial score (nSPS) is 10.2. The van der Waals surface area contributed by atoms with Crippen molar-refractivity contribution in [1.82, 2.24) is 9.97 Å². The molecule has 0 unspecified atom stereocenters. The average Bonchev–Trinajstić information content (AvgIpc) is 2.52. The highest BCUT2D eigenvalue weighted by Gasteiger charge is 2.07. The van der Waals surface area contributed by atoms with Gasteiger partial charge in [0.25, 0.3) is 0 Å². The van der Waals surface area contributed by atoms with Crippen LogP contribution in [-0.4, -0.2) is 34.3 Å². The zero-order chi connectivity index (χ0) is 16.5. The summed E-state index contributed by atoms with van der Waals surface area (Å²) < 4.78 is 0. The molecule has 2 rings (SSSR count). The molecule has 0 atom stereocenters. The number of aryl methyl sites for hydroxylation is 1.